The fourth-order valence-electron chi connectivity index (χ4n) is 1.60. The number of aliphatic hydroxyl groups is 1. The number of hydrogen-bond donors (Lipinski definition) is 2. The van der Waals surface area contributed by atoms with E-state index in [1.54, 1.807) is 0 Å². The number of carbonyl (C=O) groups is 2. The Morgan fingerprint density at radius 1 is 0.727 bits per heavy atom. The molecule has 0 amide bonds. The number of aliphatic carboxylic acids is 2. The van der Waals surface area contributed by atoms with Crippen molar-refractivity contribution in [3.8, 4) is 0 Å². The molecule has 0 spiro atoms. The number of carboxylic acid groups (broad SMARTS) is 2. The minimum atomic E-state index is -0.970. The van der Waals surface area contributed by atoms with Gasteiger partial charge in [-0.25, -0.2) is 0 Å². The smallest absolute Gasteiger partial charge is 0.550 e. The zero-order chi connectivity index (χ0) is 15.6. The first-order chi connectivity index (χ1) is 9.54. The fraction of sp³-hybridized carbons (Fsp3) is 0.857. The Labute approximate surface area is 177 Å². The second-order valence-corrected chi connectivity index (χ2v) is 4.58. The monoisotopic (exact) mass is 335 g/mol. The van der Waals surface area contributed by atoms with Crippen LogP contribution in [0.15, 0.2) is 0 Å². The summed E-state index contributed by atoms with van der Waals surface area (Å²) in [7, 11) is 0. The van der Waals surface area contributed by atoms with Crippen molar-refractivity contribution in [2.24, 2.45) is 5.73 Å². The van der Waals surface area contributed by atoms with Crippen molar-refractivity contribution in [3.05, 3.63) is 0 Å². The van der Waals surface area contributed by atoms with E-state index in [4.69, 9.17) is 10.8 Å². The number of nitrogens with two attached hydrogens (primary N) is 1. The molecule has 120 valence electrons. The van der Waals surface area contributed by atoms with E-state index in [2.05, 4.69) is 0 Å². The summed E-state index contributed by atoms with van der Waals surface area (Å²) in [5.74, 6) is -1.94. The van der Waals surface area contributed by atoms with Crippen molar-refractivity contribution in [2.75, 3.05) is 13.2 Å². The third-order valence-corrected chi connectivity index (χ3v) is 2.64. The number of carbonyl (C=O) groups excluding carboxylic acids is 2. The van der Waals surface area contributed by atoms with Crippen LogP contribution in [0.4, 0.5) is 0 Å². The first-order valence-electron chi connectivity index (χ1n) is 7.25. The molecule has 0 fully saturated rings. The molecule has 0 aliphatic carbocycles. The molecule has 0 aliphatic heterocycles. The van der Waals surface area contributed by atoms with Crippen LogP contribution in [0.5, 0.6) is 0 Å². The predicted molar refractivity (Wildman–Crippen MR) is 72.3 cm³/mol. The molecule has 22 heavy (non-hydrogen) atoms. The van der Waals surface area contributed by atoms with Gasteiger partial charge in [0.25, 0.3) is 0 Å². The first-order valence-corrected chi connectivity index (χ1v) is 7.25. The zero-order valence-corrected chi connectivity index (χ0v) is 18.1. The van der Waals surface area contributed by atoms with Crippen molar-refractivity contribution in [1.29, 1.82) is 0 Å². The van der Waals surface area contributed by atoms with E-state index in [0.717, 1.165) is 38.5 Å². The summed E-state index contributed by atoms with van der Waals surface area (Å²) in [6.45, 7) is 0.472. The van der Waals surface area contributed by atoms with E-state index in [9.17, 15) is 19.8 Å². The normalized spacial score (nSPS) is 8.82. The first kappa shape index (κ1) is 30.7. The van der Waals surface area contributed by atoms with Crippen LogP contribution in [0, 0.1) is 0 Å². The standard InChI is InChI=1S/C12H22O4.C2H7NO.2Na/c13-11(14)9-7-5-3-1-2-4-6-8-10-12(15)16;3-1-2-4;;/h1-10H2,(H,13,14)(H,15,16);4H,1-3H2;;/q;;2*+1/p-2. The Kier molecular flexibility index (Phi) is 37.3. The van der Waals surface area contributed by atoms with Crippen molar-refractivity contribution < 1.29 is 84.0 Å². The molecule has 6 nitrogen and oxygen atoms in total. The quantitative estimate of drug-likeness (QED) is 0.270. The SMILES string of the molecule is NCCO.O=C([O-])CCCCCCCCCCC(=O)[O-].[Na+].[Na+]. The Balaban J connectivity index is -0.000000240. The Bertz CT molecular complexity index is 219. The maximum atomic E-state index is 10.1. The van der Waals surface area contributed by atoms with Crippen LogP contribution in [0.3, 0.4) is 0 Å². The maximum Gasteiger partial charge on any atom is 1.00 e. The van der Waals surface area contributed by atoms with Gasteiger partial charge >= 0.3 is 59.1 Å². The molecule has 0 saturated carbocycles. The predicted octanol–water partition coefficient (Wildman–Crippen LogP) is -6.67. The topological polar surface area (TPSA) is 127 Å². The van der Waals surface area contributed by atoms with Crippen LogP contribution in [0.25, 0.3) is 0 Å². The minimum absolute atomic E-state index is 0. The van der Waals surface area contributed by atoms with Gasteiger partial charge in [-0.1, -0.05) is 38.5 Å². The molecule has 0 aliphatic rings. The van der Waals surface area contributed by atoms with Crippen molar-refractivity contribution in [1.82, 2.24) is 0 Å². The van der Waals surface area contributed by atoms with Gasteiger partial charge in [0.15, 0.2) is 0 Å². The van der Waals surface area contributed by atoms with Gasteiger partial charge in [0.05, 0.1) is 6.61 Å². The number of hydrogen-bond acceptors (Lipinski definition) is 6. The van der Waals surface area contributed by atoms with Crippen LogP contribution in [0.1, 0.15) is 64.2 Å². The van der Waals surface area contributed by atoms with Crippen LogP contribution in [-0.2, 0) is 9.59 Å². The van der Waals surface area contributed by atoms with Gasteiger partial charge in [-0.2, -0.15) is 0 Å². The molecule has 0 radical (unpaired) electrons. The molecule has 0 atom stereocenters. The van der Waals surface area contributed by atoms with Crippen LogP contribution in [-0.4, -0.2) is 30.2 Å². The van der Waals surface area contributed by atoms with Crippen LogP contribution in [0.2, 0.25) is 0 Å². The number of carboxylic acids is 2. The molecule has 0 aromatic heterocycles. The van der Waals surface area contributed by atoms with Gasteiger partial charge in [-0.05, 0) is 25.7 Å². The average molecular weight is 335 g/mol. The van der Waals surface area contributed by atoms with E-state index in [-0.39, 0.29) is 78.6 Å². The second kappa shape index (κ2) is 26.7. The summed E-state index contributed by atoms with van der Waals surface area (Å²) in [4.78, 5) is 20.2. The summed E-state index contributed by atoms with van der Waals surface area (Å²) >= 11 is 0. The number of rotatable bonds is 12. The average Bonchev–Trinajstić information content (AvgIpc) is 2.40. The van der Waals surface area contributed by atoms with Gasteiger partial charge in [-0.3, -0.25) is 0 Å². The van der Waals surface area contributed by atoms with Crippen molar-refractivity contribution >= 4 is 11.9 Å². The summed E-state index contributed by atoms with van der Waals surface area (Å²) in [6.07, 6.45) is 7.88. The van der Waals surface area contributed by atoms with Crippen LogP contribution < -0.4 is 75.1 Å². The van der Waals surface area contributed by atoms with E-state index in [0.29, 0.717) is 19.4 Å². The largest absolute Gasteiger partial charge is 1.00 e. The Morgan fingerprint density at radius 2 is 0.955 bits per heavy atom. The minimum Gasteiger partial charge on any atom is -0.550 e. The molecular weight excluding hydrogens is 308 g/mol. The van der Waals surface area contributed by atoms with Crippen molar-refractivity contribution in [2.45, 2.75) is 64.2 Å². The summed E-state index contributed by atoms with van der Waals surface area (Å²) in [6, 6.07) is 0. The Morgan fingerprint density at radius 3 is 1.14 bits per heavy atom. The second-order valence-electron chi connectivity index (χ2n) is 4.58. The molecule has 0 rings (SSSR count). The van der Waals surface area contributed by atoms with E-state index in [1.165, 1.54) is 0 Å². The molecule has 0 aromatic rings. The maximum absolute atomic E-state index is 10.1. The van der Waals surface area contributed by atoms with E-state index in [1.807, 2.05) is 0 Å². The zero-order valence-electron chi connectivity index (χ0n) is 14.1. The van der Waals surface area contributed by atoms with Gasteiger partial charge in [0, 0.05) is 18.5 Å². The van der Waals surface area contributed by atoms with Gasteiger partial charge in [0.1, 0.15) is 0 Å². The van der Waals surface area contributed by atoms with Crippen molar-refractivity contribution in [3.63, 3.8) is 0 Å². The third-order valence-electron chi connectivity index (χ3n) is 2.64. The molecule has 8 heteroatoms. The number of aliphatic hydroxyl groups excluding tert-OH is 1. The van der Waals surface area contributed by atoms with E-state index < -0.39 is 11.9 Å². The molecular formula is C14H27NNa2O5. The van der Waals surface area contributed by atoms with Gasteiger partial charge < -0.3 is 30.6 Å². The summed E-state index contributed by atoms with van der Waals surface area (Å²) in [5, 5.41) is 27.9. The van der Waals surface area contributed by atoms with Crippen LogP contribution >= 0.6 is 0 Å². The molecule has 0 saturated heterocycles. The third kappa shape index (κ3) is 37.3. The van der Waals surface area contributed by atoms with Gasteiger partial charge in [-0.15, -0.1) is 0 Å². The Hall–Kier alpha value is 0.860. The molecule has 3 N–H and O–H groups in total. The van der Waals surface area contributed by atoms with Gasteiger partial charge in [0.2, 0.25) is 0 Å². The molecule has 0 bridgehead atoms. The fourth-order valence-corrected chi connectivity index (χ4v) is 1.60. The number of unbranched alkanes of at least 4 members (excludes halogenated alkanes) is 7. The molecule has 0 heterocycles. The molecule has 0 unspecified atom stereocenters. The summed E-state index contributed by atoms with van der Waals surface area (Å²) < 4.78 is 0. The molecule has 0 aromatic carbocycles. The summed E-state index contributed by atoms with van der Waals surface area (Å²) in [5.41, 5.74) is 4.78. The van der Waals surface area contributed by atoms with E-state index >= 15 is 0 Å².